The van der Waals surface area contributed by atoms with Gasteiger partial charge in [0.1, 0.15) is 11.6 Å². The molecule has 1 aliphatic rings. The summed E-state index contributed by atoms with van der Waals surface area (Å²) in [4.78, 5) is 15.3. The second kappa shape index (κ2) is 9.07. The van der Waals surface area contributed by atoms with Crippen molar-refractivity contribution in [2.75, 3.05) is 18.5 Å². The van der Waals surface area contributed by atoms with E-state index >= 15 is 0 Å². The Bertz CT molecular complexity index is 1180. The second-order valence-corrected chi connectivity index (χ2v) is 7.50. The van der Waals surface area contributed by atoms with Gasteiger partial charge in [0.15, 0.2) is 6.61 Å². The molecule has 3 aromatic rings. The Balaban J connectivity index is 1.47. The number of carbonyl (C=O) groups is 1. The molecule has 0 unspecified atom stereocenters. The molecule has 2 aromatic carbocycles. The van der Waals surface area contributed by atoms with Crippen LogP contribution in [0.4, 0.5) is 23.2 Å². The van der Waals surface area contributed by atoms with Gasteiger partial charge in [-0.15, -0.1) is 0 Å². The summed E-state index contributed by atoms with van der Waals surface area (Å²) in [6.07, 6.45) is -1.64. The lowest BCUT2D eigenvalue weighted by molar-refractivity contribution is -0.153. The zero-order valence-electron chi connectivity index (χ0n) is 17.1. The largest absolute Gasteiger partial charge is 0.484 e. The third-order valence-corrected chi connectivity index (χ3v) is 5.26. The predicted octanol–water partition coefficient (Wildman–Crippen LogP) is 4.78. The fourth-order valence-corrected chi connectivity index (χ4v) is 3.71. The molecule has 6 nitrogen and oxygen atoms in total. The van der Waals surface area contributed by atoms with E-state index in [2.05, 4.69) is 20.4 Å². The van der Waals surface area contributed by atoms with Crippen LogP contribution in [0.25, 0.3) is 11.1 Å². The smallest absolute Gasteiger partial charge is 0.422 e. The molecule has 0 saturated heterocycles. The summed E-state index contributed by atoms with van der Waals surface area (Å²) < 4.78 is 56.0. The highest BCUT2D eigenvalue weighted by Crippen LogP contribution is 2.33. The maximum absolute atomic E-state index is 14.6. The average Bonchev–Trinajstić information content (AvgIpc) is 3.18. The molecule has 0 fully saturated rings. The Labute approximate surface area is 186 Å². The van der Waals surface area contributed by atoms with Crippen LogP contribution >= 0.6 is 0 Å². The van der Waals surface area contributed by atoms with E-state index in [1.807, 2.05) is 12.1 Å². The van der Waals surface area contributed by atoms with Crippen LogP contribution in [0.2, 0.25) is 0 Å². The maximum Gasteiger partial charge on any atom is 0.422 e. The number of pyridine rings is 1. The summed E-state index contributed by atoms with van der Waals surface area (Å²) in [6.45, 7) is -0.542. The molecule has 1 aliphatic heterocycles. The summed E-state index contributed by atoms with van der Waals surface area (Å²) in [5.41, 5.74) is 3.30. The number of rotatable bonds is 7. The molecule has 0 amide bonds. The molecular weight excluding hydrogens is 442 g/mol. The zero-order valence-corrected chi connectivity index (χ0v) is 17.1. The number of aromatic nitrogens is 1. The monoisotopic (exact) mass is 461 g/mol. The van der Waals surface area contributed by atoms with E-state index in [-0.39, 0.29) is 22.9 Å². The third kappa shape index (κ3) is 5.23. The van der Waals surface area contributed by atoms with Crippen LogP contribution in [-0.4, -0.2) is 35.4 Å². The van der Waals surface area contributed by atoms with Gasteiger partial charge >= 0.3 is 12.1 Å². The Morgan fingerprint density at radius 2 is 2.03 bits per heavy atom. The first kappa shape index (κ1) is 22.5. The minimum atomic E-state index is -4.50. The molecule has 1 aromatic heterocycles. The summed E-state index contributed by atoms with van der Waals surface area (Å²) in [6, 6.07) is 10.4. The summed E-state index contributed by atoms with van der Waals surface area (Å²) in [5, 5.41) is 15.7. The van der Waals surface area contributed by atoms with E-state index in [1.165, 1.54) is 30.6 Å². The van der Waals surface area contributed by atoms with Crippen molar-refractivity contribution in [3.05, 3.63) is 77.4 Å². The molecule has 10 heteroatoms. The average molecular weight is 461 g/mol. The van der Waals surface area contributed by atoms with Crippen molar-refractivity contribution in [1.29, 1.82) is 0 Å². The van der Waals surface area contributed by atoms with E-state index in [4.69, 9.17) is 0 Å². The van der Waals surface area contributed by atoms with E-state index in [9.17, 15) is 27.5 Å². The number of hydrogen-bond acceptors (Lipinski definition) is 5. The van der Waals surface area contributed by atoms with E-state index in [0.717, 1.165) is 17.2 Å². The van der Waals surface area contributed by atoms with Gasteiger partial charge in [0.05, 0.1) is 23.5 Å². The lowest BCUT2D eigenvalue weighted by Crippen LogP contribution is -2.22. The van der Waals surface area contributed by atoms with Crippen LogP contribution in [-0.2, 0) is 6.54 Å². The van der Waals surface area contributed by atoms with E-state index in [1.54, 1.807) is 6.07 Å². The number of nitrogens with zero attached hydrogens (tertiary/aromatic N) is 1. The summed E-state index contributed by atoms with van der Waals surface area (Å²) in [7, 11) is 0. The van der Waals surface area contributed by atoms with Crippen LogP contribution in [0.3, 0.4) is 0 Å². The van der Waals surface area contributed by atoms with Gasteiger partial charge in [-0.3, -0.25) is 4.98 Å². The highest BCUT2D eigenvalue weighted by molar-refractivity contribution is 5.93. The first-order chi connectivity index (χ1) is 15.7. The van der Waals surface area contributed by atoms with Crippen molar-refractivity contribution < 1.29 is 32.2 Å². The molecule has 3 N–H and O–H groups in total. The fraction of sp³-hybridized carbons (Fsp3) is 0.217. The van der Waals surface area contributed by atoms with Crippen LogP contribution in [0, 0.1) is 5.82 Å². The van der Waals surface area contributed by atoms with Gasteiger partial charge in [-0.2, -0.15) is 13.2 Å². The Morgan fingerprint density at radius 1 is 1.21 bits per heavy atom. The fourth-order valence-electron chi connectivity index (χ4n) is 3.71. The summed E-state index contributed by atoms with van der Waals surface area (Å²) >= 11 is 0. The number of benzene rings is 2. The molecule has 0 radical (unpaired) electrons. The molecule has 33 heavy (non-hydrogen) atoms. The topological polar surface area (TPSA) is 83.5 Å². The van der Waals surface area contributed by atoms with Crippen molar-refractivity contribution >= 4 is 11.7 Å². The number of fused-ring (bicyclic) bond motifs is 1. The van der Waals surface area contributed by atoms with Crippen LogP contribution in [0.1, 0.15) is 27.5 Å². The number of aromatic carboxylic acids is 1. The van der Waals surface area contributed by atoms with Crippen molar-refractivity contribution in [2.24, 2.45) is 0 Å². The highest BCUT2D eigenvalue weighted by atomic mass is 19.4. The lowest BCUT2D eigenvalue weighted by atomic mass is 9.97. The van der Waals surface area contributed by atoms with Gasteiger partial charge in [0.25, 0.3) is 0 Å². The number of hydrogen-bond donors (Lipinski definition) is 3. The van der Waals surface area contributed by atoms with E-state index in [0.29, 0.717) is 24.3 Å². The first-order valence-corrected chi connectivity index (χ1v) is 9.98. The van der Waals surface area contributed by atoms with Gasteiger partial charge in [-0.05, 0) is 41.0 Å². The SMILES string of the molecule is O=C(O)c1ccncc1NC[C@@H]1NCc2cc(-c3ccc(OCC(F)(F)F)cc3F)ccc21. The molecule has 0 spiro atoms. The molecule has 0 bridgehead atoms. The number of carboxylic acid groups (broad SMARTS) is 1. The molecule has 1 atom stereocenters. The second-order valence-electron chi connectivity index (χ2n) is 7.50. The first-order valence-electron chi connectivity index (χ1n) is 9.98. The van der Waals surface area contributed by atoms with Gasteiger partial charge in [0.2, 0.25) is 0 Å². The van der Waals surface area contributed by atoms with Crippen molar-refractivity contribution in [3.8, 4) is 16.9 Å². The Kier molecular flexibility index (Phi) is 6.19. The minimum absolute atomic E-state index is 0.0982. The normalized spacial score (nSPS) is 15.2. The summed E-state index contributed by atoms with van der Waals surface area (Å²) in [5.74, 6) is -1.93. The standard InChI is InChI=1S/C23H19F4N3O3/c24-19-8-15(33-12-23(25,26)27)2-4-16(19)13-1-3-17-14(7-13)9-29-21(17)11-30-20-10-28-6-5-18(20)22(31)32/h1-8,10,21,29-30H,9,11-12H2,(H,31,32)/t21-/m0/s1. The number of ether oxygens (including phenoxy) is 1. The van der Waals surface area contributed by atoms with Gasteiger partial charge in [0, 0.05) is 30.9 Å². The molecular formula is C23H19F4N3O3. The number of carboxylic acids is 1. The van der Waals surface area contributed by atoms with Gasteiger partial charge in [-0.1, -0.05) is 12.1 Å². The number of halogens is 4. The van der Waals surface area contributed by atoms with Crippen LogP contribution in [0.5, 0.6) is 5.75 Å². The number of alkyl halides is 3. The number of anilines is 1. The van der Waals surface area contributed by atoms with Gasteiger partial charge < -0.3 is 20.5 Å². The predicted molar refractivity (Wildman–Crippen MR) is 113 cm³/mol. The van der Waals surface area contributed by atoms with Crippen molar-refractivity contribution in [2.45, 2.75) is 18.8 Å². The van der Waals surface area contributed by atoms with Crippen LogP contribution in [0.15, 0.2) is 54.9 Å². The molecule has 4 rings (SSSR count). The van der Waals surface area contributed by atoms with E-state index < -0.39 is 24.6 Å². The Hall–Kier alpha value is -3.66. The molecule has 0 aliphatic carbocycles. The molecule has 2 heterocycles. The highest BCUT2D eigenvalue weighted by Gasteiger charge is 2.28. The maximum atomic E-state index is 14.6. The Morgan fingerprint density at radius 3 is 2.76 bits per heavy atom. The third-order valence-electron chi connectivity index (χ3n) is 5.26. The lowest BCUT2D eigenvalue weighted by Gasteiger charge is -2.16. The minimum Gasteiger partial charge on any atom is -0.484 e. The quantitative estimate of drug-likeness (QED) is 0.439. The molecule has 172 valence electrons. The van der Waals surface area contributed by atoms with Crippen molar-refractivity contribution in [1.82, 2.24) is 10.3 Å². The zero-order chi connectivity index (χ0) is 23.6. The van der Waals surface area contributed by atoms with Crippen LogP contribution < -0.4 is 15.4 Å². The van der Waals surface area contributed by atoms with Crippen molar-refractivity contribution in [3.63, 3.8) is 0 Å². The number of nitrogens with one attached hydrogen (secondary N) is 2. The van der Waals surface area contributed by atoms with Gasteiger partial charge in [-0.25, -0.2) is 9.18 Å². The molecule has 0 saturated carbocycles.